The van der Waals surface area contributed by atoms with Gasteiger partial charge in [0, 0.05) is 6.54 Å². The molecular weight excluding hydrogens is 263 g/mol. The normalized spacial score (nSPS) is 10.1. The smallest absolute Gasteiger partial charge is 0.475 e. The Balaban J connectivity index is 0.000000399. The zero-order chi connectivity index (χ0) is 14.9. The molecule has 0 spiro atoms. The Morgan fingerprint density at radius 2 is 1.68 bits per heavy atom. The fraction of sp³-hybridized carbons (Fsp3) is 0.273. The van der Waals surface area contributed by atoms with Crippen molar-refractivity contribution in [2.24, 2.45) is 16.5 Å². The molecule has 8 heteroatoms. The minimum atomic E-state index is -5.08. The highest BCUT2D eigenvalue weighted by molar-refractivity contribution is 5.75. The Hall–Kier alpha value is -2.25. The number of hydrogen-bond donors (Lipinski definition) is 3. The van der Waals surface area contributed by atoms with Crippen LogP contribution in [0.4, 0.5) is 13.2 Å². The van der Waals surface area contributed by atoms with Gasteiger partial charge >= 0.3 is 12.1 Å². The summed E-state index contributed by atoms with van der Waals surface area (Å²) in [7, 11) is 0. The van der Waals surface area contributed by atoms with Gasteiger partial charge in [-0.1, -0.05) is 30.3 Å². The second-order valence-corrected chi connectivity index (χ2v) is 3.35. The molecular formula is C11H14F3N3O2. The molecule has 0 radical (unpaired) electrons. The topological polar surface area (TPSA) is 102 Å². The zero-order valence-corrected chi connectivity index (χ0v) is 9.89. The van der Waals surface area contributed by atoms with Crippen LogP contribution in [0, 0.1) is 0 Å². The highest BCUT2D eigenvalue weighted by Gasteiger charge is 2.38. The van der Waals surface area contributed by atoms with Gasteiger partial charge in [-0.05, 0) is 12.0 Å². The van der Waals surface area contributed by atoms with Gasteiger partial charge in [0.1, 0.15) is 0 Å². The van der Waals surface area contributed by atoms with E-state index in [4.69, 9.17) is 21.4 Å². The number of halogens is 3. The molecule has 0 aliphatic carbocycles. The monoisotopic (exact) mass is 277 g/mol. The number of guanidine groups is 1. The number of aliphatic carboxylic acids is 1. The van der Waals surface area contributed by atoms with Gasteiger partial charge in [-0.2, -0.15) is 13.2 Å². The van der Waals surface area contributed by atoms with Crippen molar-refractivity contribution >= 4 is 11.9 Å². The van der Waals surface area contributed by atoms with Gasteiger partial charge in [0.05, 0.1) is 0 Å². The Morgan fingerprint density at radius 1 is 1.21 bits per heavy atom. The first-order valence-corrected chi connectivity index (χ1v) is 5.13. The van der Waals surface area contributed by atoms with Crippen LogP contribution in [-0.2, 0) is 11.2 Å². The third-order valence-corrected chi connectivity index (χ3v) is 1.78. The molecule has 0 atom stereocenters. The minimum Gasteiger partial charge on any atom is -0.475 e. The molecule has 0 aliphatic heterocycles. The SMILES string of the molecule is NC(N)=NCCc1ccccc1.O=C(O)C(F)(F)F. The van der Waals surface area contributed by atoms with Crippen molar-refractivity contribution < 1.29 is 23.1 Å². The first-order valence-electron chi connectivity index (χ1n) is 5.13. The second kappa shape index (κ2) is 7.96. The van der Waals surface area contributed by atoms with Gasteiger partial charge < -0.3 is 16.6 Å². The summed E-state index contributed by atoms with van der Waals surface area (Å²) >= 11 is 0. The fourth-order valence-corrected chi connectivity index (χ4v) is 0.959. The zero-order valence-electron chi connectivity index (χ0n) is 9.89. The molecule has 0 aromatic heterocycles. The molecule has 0 aliphatic rings. The van der Waals surface area contributed by atoms with Gasteiger partial charge in [0.25, 0.3) is 0 Å². The number of carboxylic acids is 1. The van der Waals surface area contributed by atoms with Crippen LogP contribution in [0.2, 0.25) is 0 Å². The summed E-state index contributed by atoms with van der Waals surface area (Å²) in [6.07, 6.45) is -4.20. The average Bonchev–Trinajstić information content (AvgIpc) is 2.29. The van der Waals surface area contributed by atoms with Crippen LogP contribution in [-0.4, -0.2) is 29.8 Å². The van der Waals surface area contributed by atoms with E-state index < -0.39 is 12.1 Å². The van der Waals surface area contributed by atoms with Crippen molar-refractivity contribution in [3.63, 3.8) is 0 Å². The van der Waals surface area contributed by atoms with E-state index in [9.17, 15) is 13.2 Å². The first-order chi connectivity index (χ1) is 8.73. The molecule has 1 aromatic rings. The molecule has 1 aromatic carbocycles. The van der Waals surface area contributed by atoms with E-state index >= 15 is 0 Å². The molecule has 1 rings (SSSR count). The van der Waals surface area contributed by atoms with E-state index in [-0.39, 0.29) is 5.96 Å². The first kappa shape index (κ1) is 16.8. The van der Waals surface area contributed by atoms with Crippen molar-refractivity contribution in [2.45, 2.75) is 12.6 Å². The third-order valence-electron chi connectivity index (χ3n) is 1.78. The number of nitrogens with zero attached hydrogens (tertiary/aromatic N) is 1. The van der Waals surface area contributed by atoms with Crippen LogP contribution in [0.15, 0.2) is 35.3 Å². The maximum absolute atomic E-state index is 10.6. The summed E-state index contributed by atoms with van der Waals surface area (Å²) < 4.78 is 31.7. The summed E-state index contributed by atoms with van der Waals surface area (Å²) in [5.74, 6) is -2.60. The number of nitrogens with two attached hydrogens (primary N) is 2. The van der Waals surface area contributed by atoms with Crippen molar-refractivity contribution in [1.29, 1.82) is 0 Å². The quantitative estimate of drug-likeness (QED) is 0.569. The number of rotatable bonds is 3. The molecule has 0 saturated carbocycles. The van der Waals surface area contributed by atoms with Gasteiger partial charge in [-0.15, -0.1) is 0 Å². The lowest BCUT2D eigenvalue weighted by molar-refractivity contribution is -0.192. The number of benzene rings is 1. The highest BCUT2D eigenvalue weighted by Crippen LogP contribution is 2.13. The fourth-order valence-electron chi connectivity index (χ4n) is 0.959. The lowest BCUT2D eigenvalue weighted by Crippen LogP contribution is -2.23. The van der Waals surface area contributed by atoms with E-state index in [1.165, 1.54) is 5.56 Å². The van der Waals surface area contributed by atoms with Gasteiger partial charge in [0.2, 0.25) is 0 Å². The van der Waals surface area contributed by atoms with Crippen LogP contribution in [0.1, 0.15) is 5.56 Å². The Labute approximate surface area is 107 Å². The minimum absolute atomic E-state index is 0.158. The molecule has 5 N–H and O–H groups in total. The van der Waals surface area contributed by atoms with Crippen LogP contribution < -0.4 is 11.5 Å². The van der Waals surface area contributed by atoms with Crippen molar-refractivity contribution in [2.75, 3.05) is 6.54 Å². The molecule has 0 amide bonds. The summed E-state index contributed by atoms with van der Waals surface area (Å²) in [6, 6.07) is 10.1. The summed E-state index contributed by atoms with van der Waals surface area (Å²) in [6.45, 7) is 0.659. The van der Waals surface area contributed by atoms with Crippen LogP contribution in [0.3, 0.4) is 0 Å². The number of carboxylic acid groups (broad SMARTS) is 1. The van der Waals surface area contributed by atoms with Crippen molar-refractivity contribution in [3.8, 4) is 0 Å². The average molecular weight is 277 g/mol. The predicted molar refractivity (Wildman–Crippen MR) is 64.5 cm³/mol. The number of carbonyl (C=O) groups is 1. The van der Waals surface area contributed by atoms with Crippen LogP contribution in [0.25, 0.3) is 0 Å². The summed E-state index contributed by atoms with van der Waals surface area (Å²) in [4.78, 5) is 12.8. The molecule has 5 nitrogen and oxygen atoms in total. The van der Waals surface area contributed by atoms with E-state index in [1.807, 2.05) is 18.2 Å². The molecule has 0 unspecified atom stereocenters. The molecule has 0 heterocycles. The summed E-state index contributed by atoms with van der Waals surface area (Å²) in [5.41, 5.74) is 11.6. The number of hydrogen-bond acceptors (Lipinski definition) is 2. The lowest BCUT2D eigenvalue weighted by Gasteiger charge is -1.96. The van der Waals surface area contributed by atoms with Crippen LogP contribution in [0.5, 0.6) is 0 Å². The second-order valence-electron chi connectivity index (χ2n) is 3.35. The Bertz CT molecular complexity index is 415. The largest absolute Gasteiger partial charge is 0.490 e. The summed E-state index contributed by atoms with van der Waals surface area (Å²) in [5, 5.41) is 7.12. The third kappa shape index (κ3) is 9.45. The van der Waals surface area contributed by atoms with Crippen molar-refractivity contribution in [3.05, 3.63) is 35.9 Å². The van der Waals surface area contributed by atoms with Gasteiger partial charge in [0.15, 0.2) is 5.96 Å². The van der Waals surface area contributed by atoms with Crippen LogP contribution >= 0.6 is 0 Å². The Kier molecular flexibility index (Phi) is 7.02. The molecule has 0 bridgehead atoms. The van der Waals surface area contributed by atoms with E-state index in [2.05, 4.69) is 17.1 Å². The highest BCUT2D eigenvalue weighted by atomic mass is 19.4. The van der Waals surface area contributed by atoms with Gasteiger partial charge in [-0.3, -0.25) is 4.99 Å². The molecule has 0 saturated heterocycles. The standard InChI is InChI=1S/C9H13N3.C2HF3O2/c10-9(11)12-7-6-8-4-2-1-3-5-8;3-2(4,5)1(6)7/h1-5H,6-7H2,(H4,10,11,12);(H,6,7). The van der Waals surface area contributed by atoms with Gasteiger partial charge in [-0.25, -0.2) is 4.79 Å². The van der Waals surface area contributed by atoms with E-state index in [0.29, 0.717) is 6.54 Å². The Morgan fingerprint density at radius 3 is 2.05 bits per heavy atom. The molecule has 19 heavy (non-hydrogen) atoms. The van der Waals surface area contributed by atoms with Crippen molar-refractivity contribution in [1.82, 2.24) is 0 Å². The van der Waals surface area contributed by atoms with E-state index in [1.54, 1.807) is 0 Å². The predicted octanol–water partition coefficient (Wildman–Crippen LogP) is 1.14. The molecule has 106 valence electrons. The molecule has 0 fully saturated rings. The number of aliphatic imine (C=N–C) groups is 1. The van der Waals surface area contributed by atoms with E-state index in [0.717, 1.165) is 6.42 Å². The maximum Gasteiger partial charge on any atom is 0.490 e. The maximum atomic E-state index is 10.6. The lowest BCUT2D eigenvalue weighted by atomic mass is 10.2. The number of alkyl halides is 3.